The Bertz CT molecular complexity index is 693. The van der Waals surface area contributed by atoms with Gasteiger partial charge in [-0.25, -0.2) is 0 Å². The zero-order chi connectivity index (χ0) is 18.4. The smallest absolute Gasteiger partial charge is 0.253 e. The van der Waals surface area contributed by atoms with Crippen LogP contribution in [0.1, 0.15) is 17.3 Å². The van der Waals surface area contributed by atoms with Crippen molar-refractivity contribution in [2.24, 2.45) is 0 Å². The van der Waals surface area contributed by atoms with Crippen LogP contribution in [0.15, 0.2) is 48.5 Å². The van der Waals surface area contributed by atoms with Crippen molar-refractivity contribution in [3.63, 3.8) is 0 Å². The second-order valence-corrected chi connectivity index (χ2v) is 6.71. The molecule has 0 heterocycles. The van der Waals surface area contributed by atoms with Crippen molar-refractivity contribution in [2.45, 2.75) is 6.92 Å². The van der Waals surface area contributed by atoms with E-state index >= 15 is 0 Å². The topological polar surface area (TPSA) is 26.8 Å². The molecule has 0 unspecified atom stereocenters. The molecular weight excluding hydrogens is 310 g/mol. The molecule has 2 aromatic carbocycles. The fourth-order valence-corrected chi connectivity index (χ4v) is 2.68. The number of carbonyl (C=O) groups is 1. The average Bonchev–Trinajstić information content (AvgIpc) is 2.62. The molecule has 0 saturated carbocycles. The molecule has 0 aromatic heterocycles. The summed E-state index contributed by atoms with van der Waals surface area (Å²) in [6.07, 6.45) is 0. The SMILES string of the molecule is CCN(CCN(C)C)C(=O)c1ccc(-c2cccc(N(C)C)c2)cc1. The van der Waals surface area contributed by atoms with Crippen LogP contribution in [0.25, 0.3) is 11.1 Å². The maximum absolute atomic E-state index is 12.7. The fourth-order valence-electron chi connectivity index (χ4n) is 2.68. The highest BCUT2D eigenvalue weighted by Crippen LogP contribution is 2.24. The van der Waals surface area contributed by atoms with E-state index in [1.54, 1.807) is 0 Å². The molecule has 2 rings (SSSR count). The summed E-state index contributed by atoms with van der Waals surface area (Å²) in [7, 11) is 8.12. The molecular formula is C21H29N3O. The minimum atomic E-state index is 0.0953. The zero-order valence-electron chi connectivity index (χ0n) is 16.0. The molecule has 0 saturated heterocycles. The van der Waals surface area contributed by atoms with Crippen molar-refractivity contribution in [2.75, 3.05) is 52.7 Å². The van der Waals surface area contributed by atoms with Crippen LogP contribution < -0.4 is 4.90 Å². The Hall–Kier alpha value is -2.33. The van der Waals surface area contributed by atoms with E-state index in [0.717, 1.165) is 36.3 Å². The molecule has 0 spiro atoms. The minimum Gasteiger partial charge on any atom is -0.378 e. The first-order valence-corrected chi connectivity index (χ1v) is 8.74. The summed E-state index contributed by atoms with van der Waals surface area (Å²) in [6.45, 7) is 4.36. The lowest BCUT2D eigenvalue weighted by atomic mass is 10.0. The van der Waals surface area contributed by atoms with Gasteiger partial charge in [-0.1, -0.05) is 24.3 Å². The Morgan fingerprint density at radius 3 is 2.12 bits per heavy atom. The average molecular weight is 339 g/mol. The largest absolute Gasteiger partial charge is 0.378 e. The van der Waals surface area contributed by atoms with Crippen LogP contribution >= 0.6 is 0 Å². The van der Waals surface area contributed by atoms with E-state index in [1.165, 1.54) is 5.69 Å². The van der Waals surface area contributed by atoms with Crippen LogP contribution in [-0.4, -0.2) is 63.5 Å². The lowest BCUT2D eigenvalue weighted by molar-refractivity contribution is 0.0754. The second kappa shape index (κ2) is 8.67. The van der Waals surface area contributed by atoms with E-state index < -0.39 is 0 Å². The summed E-state index contributed by atoms with van der Waals surface area (Å²) >= 11 is 0. The molecule has 1 amide bonds. The van der Waals surface area contributed by atoms with Gasteiger partial charge in [-0.2, -0.15) is 0 Å². The van der Waals surface area contributed by atoms with Crippen LogP contribution in [-0.2, 0) is 0 Å². The quantitative estimate of drug-likeness (QED) is 0.773. The van der Waals surface area contributed by atoms with Gasteiger partial charge in [-0.15, -0.1) is 0 Å². The first kappa shape index (κ1) is 19.0. The standard InChI is InChI=1S/C21H29N3O/c1-6-24(15-14-22(2)3)21(25)18-12-10-17(11-13-18)19-8-7-9-20(16-19)23(4)5/h7-13,16H,6,14-15H2,1-5H3. The van der Waals surface area contributed by atoms with Gasteiger partial charge in [0.2, 0.25) is 0 Å². The molecule has 0 aliphatic heterocycles. The van der Waals surface area contributed by atoms with Gasteiger partial charge in [0.25, 0.3) is 5.91 Å². The first-order valence-electron chi connectivity index (χ1n) is 8.74. The van der Waals surface area contributed by atoms with E-state index in [-0.39, 0.29) is 5.91 Å². The Labute approximate surface area is 151 Å². The molecule has 4 heteroatoms. The first-order chi connectivity index (χ1) is 11.9. The highest BCUT2D eigenvalue weighted by Gasteiger charge is 2.14. The number of nitrogens with zero attached hydrogens (tertiary/aromatic N) is 3. The van der Waals surface area contributed by atoms with Gasteiger partial charge < -0.3 is 14.7 Å². The molecule has 0 aliphatic rings. The monoisotopic (exact) mass is 339 g/mol. The second-order valence-electron chi connectivity index (χ2n) is 6.71. The number of likely N-dealkylation sites (N-methyl/N-ethyl adjacent to an activating group) is 2. The number of benzene rings is 2. The van der Waals surface area contributed by atoms with Crippen molar-refractivity contribution in [3.8, 4) is 11.1 Å². The Morgan fingerprint density at radius 1 is 0.880 bits per heavy atom. The van der Waals surface area contributed by atoms with Crippen LogP contribution in [0.5, 0.6) is 0 Å². The summed E-state index contributed by atoms with van der Waals surface area (Å²) in [4.78, 5) is 18.8. The molecule has 0 radical (unpaired) electrons. The van der Waals surface area contributed by atoms with Crippen molar-refractivity contribution in [1.82, 2.24) is 9.80 Å². The van der Waals surface area contributed by atoms with Crippen LogP contribution in [0.4, 0.5) is 5.69 Å². The molecule has 4 nitrogen and oxygen atoms in total. The fraction of sp³-hybridized carbons (Fsp3) is 0.381. The van der Waals surface area contributed by atoms with Crippen molar-refractivity contribution in [1.29, 1.82) is 0 Å². The number of amides is 1. The number of hydrogen-bond donors (Lipinski definition) is 0. The van der Waals surface area contributed by atoms with Gasteiger partial charge >= 0.3 is 0 Å². The molecule has 2 aromatic rings. The molecule has 0 bridgehead atoms. The van der Waals surface area contributed by atoms with E-state index in [1.807, 2.05) is 64.3 Å². The summed E-state index contributed by atoms with van der Waals surface area (Å²) in [5.41, 5.74) is 4.19. The third kappa shape index (κ3) is 5.07. The number of hydrogen-bond acceptors (Lipinski definition) is 3. The van der Waals surface area contributed by atoms with Crippen molar-refractivity contribution >= 4 is 11.6 Å². The van der Waals surface area contributed by atoms with Crippen LogP contribution in [0, 0.1) is 0 Å². The van der Waals surface area contributed by atoms with Crippen molar-refractivity contribution < 1.29 is 4.79 Å². The Balaban J connectivity index is 2.16. The van der Waals surface area contributed by atoms with Gasteiger partial charge in [0.05, 0.1) is 0 Å². The lowest BCUT2D eigenvalue weighted by Crippen LogP contribution is -2.36. The number of anilines is 1. The van der Waals surface area contributed by atoms with Crippen LogP contribution in [0.2, 0.25) is 0 Å². The maximum atomic E-state index is 12.7. The van der Waals surface area contributed by atoms with Gasteiger partial charge in [-0.05, 0) is 56.4 Å². The molecule has 134 valence electrons. The predicted molar refractivity (Wildman–Crippen MR) is 106 cm³/mol. The Kier molecular flexibility index (Phi) is 6.59. The normalized spacial score (nSPS) is 10.8. The third-order valence-electron chi connectivity index (χ3n) is 4.31. The molecule has 25 heavy (non-hydrogen) atoms. The highest BCUT2D eigenvalue weighted by atomic mass is 16.2. The molecule has 0 aliphatic carbocycles. The summed E-state index contributed by atoms with van der Waals surface area (Å²) in [5.74, 6) is 0.0953. The van der Waals surface area contributed by atoms with E-state index in [0.29, 0.717) is 0 Å². The van der Waals surface area contributed by atoms with Gasteiger partial charge in [0.1, 0.15) is 0 Å². The zero-order valence-corrected chi connectivity index (χ0v) is 16.0. The summed E-state index contributed by atoms with van der Waals surface area (Å²) in [5, 5.41) is 0. The molecule has 0 atom stereocenters. The van der Waals surface area contributed by atoms with Crippen LogP contribution in [0.3, 0.4) is 0 Å². The highest BCUT2D eigenvalue weighted by molar-refractivity contribution is 5.94. The van der Waals surface area contributed by atoms with Gasteiger partial charge in [-0.3, -0.25) is 4.79 Å². The number of rotatable bonds is 7. The molecule has 0 fully saturated rings. The van der Waals surface area contributed by atoms with E-state index in [2.05, 4.69) is 34.1 Å². The lowest BCUT2D eigenvalue weighted by Gasteiger charge is -2.23. The molecule has 0 N–H and O–H groups in total. The summed E-state index contributed by atoms with van der Waals surface area (Å²) in [6, 6.07) is 16.3. The van der Waals surface area contributed by atoms with Gasteiger partial charge in [0.15, 0.2) is 0 Å². The summed E-state index contributed by atoms with van der Waals surface area (Å²) < 4.78 is 0. The third-order valence-corrected chi connectivity index (χ3v) is 4.31. The Morgan fingerprint density at radius 2 is 1.56 bits per heavy atom. The van der Waals surface area contributed by atoms with Gasteiger partial charge in [0, 0.05) is 45.0 Å². The number of carbonyl (C=O) groups excluding carboxylic acids is 1. The maximum Gasteiger partial charge on any atom is 0.253 e. The minimum absolute atomic E-state index is 0.0953. The van der Waals surface area contributed by atoms with E-state index in [9.17, 15) is 4.79 Å². The predicted octanol–water partition coefficient (Wildman–Crippen LogP) is 3.44. The van der Waals surface area contributed by atoms with Crippen molar-refractivity contribution in [3.05, 3.63) is 54.1 Å². The van der Waals surface area contributed by atoms with E-state index in [4.69, 9.17) is 0 Å².